The van der Waals surface area contributed by atoms with Gasteiger partial charge in [-0.05, 0) is 81.8 Å². The quantitative estimate of drug-likeness (QED) is 0.819. The molecule has 1 amide bonds. The third kappa shape index (κ3) is 4.57. The third-order valence-electron chi connectivity index (χ3n) is 4.93. The molecule has 5 nitrogen and oxygen atoms in total. The van der Waals surface area contributed by atoms with Gasteiger partial charge < -0.3 is 5.32 Å². The number of hydrogen-bond donors (Lipinski definition) is 2. The maximum atomic E-state index is 12.8. The number of nitrogens with one attached hydrogen (secondary N) is 2. The maximum Gasteiger partial charge on any atom is 0.241 e. The molecule has 0 atom stereocenters. The van der Waals surface area contributed by atoms with Gasteiger partial charge in [-0.2, -0.15) is 0 Å². The van der Waals surface area contributed by atoms with Crippen molar-refractivity contribution in [3.63, 3.8) is 0 Å². The number of rotatable bonds is 5. The number of hydrogen-bond acceptors (Lipinski definition) is 3. The molecule has 0 heterocycles. The molecule has 2 rings (SSSR count). The largest absolute Gasteiger partial charge is 0.324 e. The number of aryl methyl sites for hydroxylation is 5. The van der Waals surface area contributed by atoms with Crippen LogP contribution in [-0.2, 0) is 14.8 Å². The van der Waals surface area contributed by atoms with Crippen molar-refractivity contribution in [1.82, 2.24) is 4.72 Å². The average molecular weight is 389 g/mol. The molecule has 146 valence electrons. The molecule has 2 N–H and O–H groups in total. The summed E-state index contributed by atoms with van der Waals surface area (Å²) in [6, 6.07) is 5.93. The van der Waals surface area contributed by atoms with E-state index in [-0.39, 0.29) is 11.4 Å². The Balaban J connectivity index is 2.21. The van der Waals surface area contributed by atoms with E-state index < -0.39 is 15.9 Å². The van der Waals surface area contributed by atoms with E-state index in [1.54, 1.807) is 13.8 Å². The topological polar surface area (TPSA) is 75.3 Å². The molecule has 0 aliphatic rings. The molecular formula is C21H28N2O3S. The van der Waals surface area contributed by atoms with E-state index >= 15 is 0 Å². The summed E-state index contributed by atoms with van der Waals surface area (Å²) in [5.74, 6) is -0.395. The highest BCUT2D eigenvalue weighted by atomic mass is 32.2. The molecule has 0 saturated heterocycles. The van der Waals surface area contributed by atoms with Gasteiger partial charge in [0.2, 0.25) is 15.9 Å². The van der Waals surface area contributed by atoms with Crippen molar-refractivity contribution in [3.8, 4) is 0 Å². The van der Waals surface area contributed by atoms with Gasteiger partial charge in [0.05, 0.1) is 11.4 Å². The Labute approximate surface area is 162 Å². The molecule has 0 spiro atoms. The maximum absolute atomic E-state index is 12.8. The van der Waals surface area contributed by atoms with Crippen LogP contribution in [0, 0.1) is 48.5 Å². The Kier molecular flexibility index (Phi) is 6.12. The molecule has 0 aromatic heterocycles. The number of amides is 1. The van der Waals surface area contributed by atoms with Gasteiger partial charge in [-0.15, -0.1) is 0 Å². The minimum absolute atomic E-state index is 0.260. The Morgan fingerprint density at radius 1 is 0.815 bits per heavy atom. The molecule has 6 heteroatoms. The highest BCUT2D eigenvalue weighted by Gasteiger charge is 2.23. The molecule has 0 fully saturated rings. The SMILES string of the molecule is Cc1cc(C)c(NC(=O)CNS(=O)(=O)c2c(C)c(C)cc(C)c2C)c(C)c1. The van der Waals surface area contributed by atoms with Gasteiger partial charge in [0.15, 0.2) is 0 Å². The summed E-state index contributed by atoms with van der Waals surface area (Å²) in [5, 5.41) is 2.82. The lowest BCUT2D eigenvalue weighted by Crippen LogP contribution is -2.34. The van der Waals surface area contributed by atoms with E-state index in [9.17, 15) is 13.2 Å². The summed E-state index contributed by atoms with van der Waals surface area (Å²) in [5.41, 5.74) is 6.97. The van der Waals surface area contributed by atoms with E-state index in [1.165, 1.54) is 0 Å². The molecule has 0 radical (unpaired) electrons. The van der Waals surface area contributed by atoms with Crippen LogP contribution in [0.15, 0.2) is 23.1 Å². The number of benzene rings is 2. The minimum atomic E-state index is -3.79. The minimum Gasteiger partial charge on any atom is -0.324 e. The van der Waals surface area contributed by atoms with E-state index in [0.717, 1.165) is 33.5 Å². The first-order valence-electron chi connectivity index (χ1n) is 8.88. The number of carbonyl (C=O) groups is 1. The van der Waals surface area contributed by atoms with Crippen molar-refractivity contribution in [2.45, 2.75) is 53.4 Å². The second kappa shape index (κ2) is 7.82. The highest BCUT2D eigenvalue weighted by molar-refractivity contribution is 7.89. The van der Waals surface area contributed by atoms with Crippen molar-refractivity contribution in [2.75, 3.05) is 11.9 Å². The molecule has 2 aromatic rings. The first-order valence-corrected chi connectivity index (χ1v) is 10.4. The van der Waals surface area contributed by atoms with E-state index in [0.29, 0.717) is 11.1 Å². The lowest BCUT2D eigenvalue weighted by Gasteiger charge is -2.17. The summed E-state index contributed by atoms with van der Waals surface area (Å²) in [4.78, 5) is 12.6. The summed E-state index contributed by atoms with van der Waals surface area (Å²) in [6.45, 7) is 12.9. The molecule has 27 heavy (non-hydrogen) atoms. The van der Waals surface area contributed by atoms with Crippen LogP contribution in [0.1, 0.15) is 38.9 Å². The van der Waals surface area contributed by atoms with Gasteiger partial charge in [0, 0.05) is 5.69 Å². The smallest absolute Gasteiger partial charge is 0.241 e. The van der Waals surface area contributed by atoms with Gasteiger partial charge in [0.25, 0.3) is 0 Å². The van der Waals surface area contributed by atoms with Crippen molar-refractivity contribution in [3.05, 3.63) is 57.1 Å². The second-order valence-electron chi connectivity index (χ2n) is 7.24. The van der Waals surface area contributed by atoms with Crippen molar-refractivity contribution < 1.29 is 13.2 Å². The highest BCUT2D eigenvalue weighted by Crippen LogP contribution is 2.26. The Bertz CT molecular complexity index is 959. The first-order chi connectivity index (χ1) is 12.4. The van der Waals surface area contributed by atoms with Crippen LogP contribution in [0.3, 0.4) is 0 Å². The lowest BCUT2D eigenvalue weighted by molar-refractivity contribution is -0.115. The van der Waals surface area contributed by atoms with Gasteiger partial charge in [-0.1, -0.05) is 23.8 Å². The fourth-order valence-electron chi connectivity index (χ4n) is 3.38. The number of carbonyl (C=O) groups excluding carboxylic acids is 1. The van der Waals surface area contributed by atoms with Crippen LogP contribution < -0.4 is 10.0 Å². The van der Waals surface area contributed by atoms with Gasteiger partial charge >= 0.3 is 0 Å². The summed E-state index contributed by atoms with van der Waals surface area (Å²) < 4.78 is 28.1. The van der Waals surface area contributed by atoms with E-state index in [4.69, 9.17) is 0 Å². The molecule has 2 aromatic carbocycles. The molecule has 0 aliphatic carbocycles. The van der Waals surface area contributed by atoms with Crippen LogP contribution >= 0.6 is 0 Å². The fourth-order valence-corrected chi connectivity index (χ4v) is 4.97. The summed E-state index contributed by atoms with van der Waals surface area (Å²) in [6.07, 6.45) is 0. The van der Waals surface area contributed by atoms with E-state index in [1.807, 2.05) is 52.8 Å². The zero-order valence-corrected chi connectivity index (χ0v) is 17.9. The lowest BCUT2D eigenvalue weighted by atomic mass is 10.0. The Morgan fingerprint density at radius 2 is 1.30 bits per heavy atom. The van der Waals surface area contributed by atoms with Crippen LogP contribution in [0.4, 0.5) is 5.69 Å². The normalized spacial score (nSPS) is 11.5. The molecule has 0 unspecified atom stereocenters. The molecular weight excluding hydrogens is 360 g/mol. The zero-order chi connectivity index (χ0) is 20.5. The number of sulfonamides is 1. The summed E-state index contributed by atoms with van der Waals surface area (Å²) >= 11 is 0. The fraction of sp³-hybridized carbons (Fsp3) is 0.381. The van der Waals surface area contributed by atoms with Gasteiger partial charge in [0.1, 0.15) is 0 Å². The standard InChI is InChI=1S/C21H28N2O3S/c1-12-8-15(4)20(16(5)9-12)23-19(24)11-22-27(25,26)21-17(6)13(2)10-14(3)18(21)7/h8-10,22H,11H2,1-7H3,(H,23,24). The van der Waals surface area contributed by atoms with Crippen LogP contribution in [0.25, 0.3) is 0 Å². The van der Waals surface area contributed by atoms with Crippen LogP contribution in [0.5, 0.6) is 0 Å². The monoisotopic (exact) mass is 388 g/mol. The van der Waals surface area contributed by atoms with Crippen molar-refractivity contribution in [1.29, 1.82) is 0 Å². The summed E-state index contributed by atoms with van der Waals surface area (Å²) in [7, 11) is -3.79. The molecule has 0 aliphatic heterocycles. The van der Waals surface area contributed by atoms with Crippen molar-refractivity contribution >= 4 is 21.6 Å². The predicted octanol–water partition coefficient (Wildman–Crippen LogP) is 3.76. The van der Waals surface area contributed by atoms with E-state index in [2.05, 4.69) is 10.0 Å². The second-order valence-corrected chi connectivity index (χ2v) is 8.94. The third-order valence-corrected chi connectivity index (χ3v) is 6.60. The van der Waals surface area contributed by atoms with Crippen molar-refractivity contribution in [2.24, 2.45) is 0 Å². The van der Waals surface area contributed by atoms with Gasteiger partial charge in [-0.25, -0.2) is 13.1 Å². The first kappa shape index (κ1) is 21.1. The Hall–Kier alpha value is -2.18. The van der Waals surface area contributed by atoms with Gasteiger partial charge in [-0.3, -0.25) is 4.79 Å². The molecule has 0 saturated carbocycles. The predicted molar refractivity (Wildman–Crippen MR) is 110 cm³/mol. The molecule has 0 bridgehead atoms. The van der Waals surface area contributed by atoms with Crippen LogP contribution in [-0.4, -0.2) is 20.9 Å². The Morgan fingerprint density at radius 3 is 1.78 bits per heavy atom. The van der Waals surface area contributed by atoms with Crippen LogP contribution in [0.2, 0.25) is 0 Å². The number of anilines is 1. The average Bonchev–Trinajstić information content (AvgIpc) is 2.54. The zero-order valence-electron chi connectivity index (χ0n) is 17.1.